The average molecular weight is 306 g/mol. The molecule has 1 aliphatic heterocycles. The highest BCUT2D eigenvalue weighted by Gasteiger charge is 2.21. The second kappa shape index (κ2) is 7.92. The molecule has 8 heteroatoms. The number of amides is 1. The second-order valence-electron chi connectivity index (χ2n) is 5.32. The smallest absolute Gasteiger partial charge is 0.236 e. The third kappa shape index (κ3) is 6.17. The molecule has 1 rings (SSSR count). The second-order valence-corrected chi connectivity index (χ2v) is 7.36. The Bertz CT molecular complexity index is 403. The monoisotopic (exact) mass is 306 g/mol. The predicted octanol–water partition coefficient (Wildman–Crippen LogP) is -1.32. The molecule has 0 aromatic rings. The van der Waals surface area contributed by atoms with Crippen LogP contribution in [-0.4, -0.2) is 83.2 Å². The van der Waals surface area contributed by atoms with Gasteiger partial charge >= 0.3 is 0 Å². The molecule has 0 unspecified atom stereocenters. The van der Waals surface area contributed by atoms with Crippen LogP contribution in [0.5, 0.6) is 0 Å². The summed E-state index contributed by atoms with van der Waals surface area (Å²) in [5.74, 6) is 0.222. The number of nitrogens with one attached hydrogen (secondary N) is 2. The molecule has 7 nitrogen and oxygen atoms in total. The Labute approximate surface area is 121 Å². The van der Waals surface area contributed by atoms with Crippen LogP contribution < -0.4 is 10.0 Å². The number of carbonyl (C=O) groups excluding carboxylic acids is 1. The molecular weight excluding hydrogens is 280 g/mol. The summed E-state index contributed by atoms with van der Waals surface area (Å²) in [5, 5.41) is 3.27. The molecule has 0 bridgehead atoms. The summed E-state index contributed by atoms with van der Waals surface area (Å²) >= 11 is 0. The van der Waals surface area contributed by atoms with Crippen LogP contribution in [0, 0.1) is 0 Å². The Morgan fingerprint density at radius 3 is 2.40 bits per heavy atom. The maximum atomic E-state index is 11.6. The van der Waals surface area contributed by atoms with E-state index in [1.807, 2.05) is 0 Å². The van der Waals surface area contributed by atoms with Crippen molar-refractivity contribution in [3.63, 3.8) is 0 Å². The van der Waals surface area contributed by atoms with E-state index in [9.17, 15) is 13.2 Å². The Kier molecular flexibility index (Phi) is 6.87. The number of likely N-dealkylation sites (tertiary alicyclic amines) is 1. The van der Waals surface area contributed by atoms with E-state index in [4.69, 9.17) is 0 Å². The van der Waals surface area contributed by atoms with Gasteiger partial charge in [-0.3, -0.25) is 9.69 Å². The Hall–Kier alpha value is -0.700. The molecule has 0 aliphatic carbocycles. The number of hydrogen-bond donors (Lipinski definition) is 2. The van der Waals surface area contributed by atoms with E-state index < -0.39 is 10.0 Å². The topological polar surface area (TPSA) is 81.8 Å². The summed E-state index contributed by atoms with van der Waals surface area (Å²) in [7, 11) is 1.82. The molecule has 0 aromatic heterocycles. The van der Waals surface area contributed by atoms with Crippen LogP contribution in [0.1, 0.15) is 12.8 Å². The lowest BCUT2D eigenvalue weighted by Crippen LogP contribution is -2.46. The fourth-order valence-corrected chi connectivity index (χ4v) is 2.72. The lowest BCUT2D eigenvalue weighted by atomic mass is 10.1. The first-order chi connectivity index (χ1) is 9.34. The van der Waals surface area contributed by atoms with E-state index in [-0.39, 0.29) is 11.7 Å². The van der Waals surface area contributed by atoms with Gasteiger partial charge in [-0.2, -0.15) is 0 Å². The van der Waals surface area contributed by atoms with Crippen LogP contribution >= 0.6 is 0 Å². The van der Waals surface area contributed by atoms with Crippen molar-refractivity contribution >= 4 is 15.9 Å². The van der Waals surface area contributed by atoms with Crippen molar-refractivity contribution in [1.29, 1.82) is 0 Å². The fraction of sp³-hybridized carbons (Fsp3) is 0.917. The Morgan fingerprint density at radius 1 is 1.30 bits per heavy atom. The van der Waals surface area contributed by atoms with Crippen LogP contribution in [0.2, 0.25) is 0 Å². The van der Waals surface area contributed by atoms with E-state index in [1.54, 1.807) is 19.0 Å². The van der Waals surface area contributed by atoms with E-state index in [0.29, 0.717) is 19.1 Å². The van der Waals surface area contributed by atoms with Crippen LogP contribution in [0.25, 0.3) is 0 Å². The summed E-state index contributed by atoms with van der Waals surface area (Å²) in [6, 6.07) is 0.341. The zero-order valence-corrected chi connectivity index (χ0v) is 13.4. The predicted molar refractivity (Wildman–Crippen MR) is 79.0 cm³/mol. The number of hydrogen-bond acceptors (Lipinski definition) is 5. The van der Waals surface area contributed by atoms with Gasteiger partial charge in [0, 0.05) is 39.8 Å². The minimum absolute atomic E-state index is 0.100. The quantitative estimate of drug-likeness (QED) is 0.609. The van der Waals surface area contributed by atoms with E-state index in [2.05, 4.69) is 14.9 Å². The molecule has 118 valence electrons. The molecule has 0 saturated carbocycles. The molecule has 0 aromatic carbocycles. The van der Waals surface area contributed by atoms with Gasteiger partial charge in [0.2, 0.25) is 15.9 Å². The molecule has 20 heavy (non-hydrogen) atoms. The van der Waals surface area contributed by atoms with Crippen molar-refractivity contribution in [3.8, 4) is 0 Å². The van der Waals surface area contributed by atoms with E-state index in [0.717, 1.165) is 25.9 Å². The van der Waals surface area contributed by atoms with E-state index >= 15 is 0 Å². The van der Waals surface area contributed by atoms with Gasteiger partial charge in [0.1, 0.15) is 0 Å². The standard InChI is InChI=1S/C12H26N4O3S/c1-13-20(18,19)9-6-14-11-4-7-16(8-5-11)10-12(17)15(2)3/h11,13-14H,4-10H2,1-3H3. The van der Waals surface area contributed by atoms with Gasteiger partial charge in [-0.05, 0) is 19.9 Å². The molecule has 1 heterocycles. The van der Waals surface area contributed by atoms with Gasteiger partial charge in [0.15, 0.2) is 0 Å². The largest absolute Gasteiger partial charge is 0.348 e. The first kappa shape index (κ1) is 17.4. The lowest BCUT2D eigenvalue weighted by molar-refractivity contribution is -0.130. The van der Waals surface area contributed by atoms with Gasteiger partial charge in [-0.1, -0.05) is 0 Å². The van der Waals surface area contributed by atoms with Crippen molar-refractivity contribution in [2.75, 3.05) is 53.1 Å². The average Bonchev–Trinajstić information content (AvgIpc) is 2.40. The van der Waals surface area contributed by atoms with Crippen molar-refractivity contribution in [2.24, 2.45) is 0 Å². The van der Waals surface area contributed by atoms with Crippen molar-refractivity contribution in [3.05, 3.63) is 0 Å². The normalized spacial score (nSPS) is 18.1. The molecule has 1 amide bonds. The van der Waals surface area contributed by atoms with Crippen LogP contribution in [-0.2, 0) is 14.8 Å². The number of nitrogens with zero attached hydrogens (tertiary/aromatic N) is 2. The Morgan fingerprint density at radius 2 is 1.90 bits per heavy atom. The maximum absolute atomic E-state index is 11.6. The molecular formula is C12H26N4O3S. The van der Waals surface area contributed by atoms with Gasteiger partial charge in [-0.15, -0.1) is 0 Å². The first-order valence-electron chi connectivity index (χ1n) is 6.91. The van der Waals surface area contributed by atoms with Gasteiger partial charge in [-0.25, -0.2) is 13.1 Å². The third-order valence-corrected chi connectivity index (χ3v) is 4.92. The highest BCUT2D eigenvalue weighted by Crippen LogP contribution is 2.10. The van der Waals surface area contributed by atoms with Crippen LogP contribution in [0.3, 0.4) is 0 Å². The fourth-order valence-electron chi connectivity index (χ4n) is 2.13. The van der Waals surface area contributed by atoms with Gasteiger partial charge in [0.25, 0.3) is 0 Å². The van der Waals surface area contributed by atoms with E-state index in [1.165, 1.54) is 7.05 Å². The Balaban J connectivity index is 2.21. The molecule has 1 fully saturated rings. The summed E-state index contributed by atoms with van der Waals surface area (Å²) < 4.78 is 24.9. The van der Waals surface area contributed by atoms with Crippen molar-refractivity contribution in [2.45, 2.75) is 18.9 Å². The molecule has 1 saturated heterocycles. The molecule has 0 radical (unpaired) electrons. The molecule has 0 atom stereocenters. The highest BCUT2D eigenvalue weighted by atomic mass is 32.2. The number of carbonyl (C=O) groups is 1. The summed E-state index contributed by atoms with van der Waals surface area (Å²) in [5.41, 5.74) is 0. The summed E-state index contributed by atoms with van der Waals surface area (Å²) in [6.45, 7) is 2.67. The number of sulfonamides is 1. The maximum Gasteiger partial charge on any atom is 0.236 e. The first-order valence-corrected chi connectivity index (χ1v) is 8.56. The minimum Gasteiger partial charge on any atom is -0.348 e. The highest BCUT2D eigenvalue weighted by molar-refractivity contribution is 7.89. The van der Waals surface area contributed by atoms with Crippen LogP contribution in [0.4, 0.5) is 0 Å². The minimum atomic E-state index is -3.13. The summed E-state index contributed by atoms with van der Waals surface area (Å²) in [4.78, 5) is 15.4. The lowest BCUT2D eigenvalue weighted by Gasteiger charge is -2.32. The van der Waals surface area contributed by atoms with Gasteiger partial charge < -0.3 is 10.2 Å². The third-order valence-electron chi connectivity index (χ3n) is 3.56. The number of likely N-dealkylation sites (N-methyl/N-ethyl adjacent to an activating group) is 1. The van der Waals surface area contributed by atoms with Crippen LogP contribution in [0.15, 0.2) is 0 Å². The number of piperidine rings is 1. The molecule has 0 spiro atoms. The number of rotatable bonds is 7. The SMILES string of the molecule is CNS(=O)(=O)CCNC1CCN(CC(=O)N(C)C)CC1. The summed E-state index contributed by atoms with van der Waals surface area (Å²) in [6.07, 6.45) is 1.89. The zero-order valence-electron chi connectivity index (χ0n) is 12.6. The molecule has 1 aliphatic rings. The van der Waals surface area contributed by atoms with Crippen molar-refractivity contribution in [1.82, 2.24) is 19.8 Å². The van der Waals surface area contributed by atoms with Crippen molar-refractivity contribution < 1.29 is 13.2 Å². The zero-order chi connectivity index (χ0) is 15.2. The molecule has 2 N–H and O–H groups in total. The van der Waals surface area contributed by atoms with Gasteiger partial charge in [0.05, 0.1) is 12.3 Å².